The minimum absolute atomic E-state index is 0.220. The number of hydrogen-bond donors (Lipinski definition) is 0. The minimum atomic E-state index is -0.220. The van der Waals surface area contributed by atoms with Crippen LogP contribution in [0.4, 0.5) is 23.3 Å². The van der Waals surface area contributed by atoms with Gasteiger partial charge in [0, 0.05) is 37.3 Å². The van der Waals surface area contributed by atoms with Crippen LogP contribution in [-0.4, -0.2) is 19.1 Å². The number of aryl methyl sites for hydroxylation is 2. The number of ether oxygens (including phenoxy) is 1. The maximum atomic E-state index is 6.40. The van der Waals surface area contributed by atoms with Crippen molar-refractivity contribution in [1.82, 2.24) is 19.1 Å². The zero-order valence-electron chi connectivity index (χ0n) is 28.8. The summed E-state index contributed by atoms with van der Waals surface area (Å²) < 4.78 is 10.4. The van der Waals surface area contributed by atoms with Crippen LogP contribution >= 0.6 is 0 Å². The molecule has 7 nitrogen and oxygen atoms in total. The van der Waals surface area contributed by atoms with Crippen LogP contribution in [0.2, 0.25) is 0 Å². The van der Waals surface area contributed by atoms with Crippen molar-refractivity contribution in [3.05, 3.63) is 155 Å². The molecule has 0 atom stereocenters. The SMILES string of the molecule is Cn1cc(Oc2cn(C)c(N3C=Cc4ccccc4C(C)(C)c4ccccc43)n2)nc1N1C=Cc2ccccc2C(C)(C)c2ccccc21. The van der Waals surface area contributed by atoms with Gasteiger partial charge >= 0.3 is 0 Å². The van der Waals surface area contributed by atoms with E-state index in [-0.39, 0.29) is 10.8 Å². The van der Waals surface area contributed by atoms with Gasteiger partial charge in [-0.05, 0) is 57.7 Å². The molecule has 0 saturated carbocycles. The Morgan fingerprint density at radius 2 is 0.857 bits per heavy atom. The van der Waals surface area contributed by atoms with Gasteiger partial charge in [0.25, 0.3) is 0 Å². The molecule has 2 aliphatic heterocycles. The average molecular weight is 645 g/mol. The molecule has 0 amide bonds. The Morgan fingerprint density at radius 1 is 0.490 bits per heavy atom. The first kappa shape index (κ1) is 30.5. The van der Waals surface area contributed by atoms with E-state index >= 15 is 0 Å². The molecule has 244 valence electrons. The van der Waals surface area contributed by atoms with E-state index in [1.54, 1.807) is 0 Å². The van der Waals surface area contributed by atoms with Crippen LogP contribution in [0.1, 0.15) is 61.1 Å². The van der Waals surface area contributed by atoms with Crippen LogP contribution in [0.5, 0.6) is 11.8 Å². The van der Waals surface area contributed by atoms with E-state index in [1.165, 1.54) is 33.4 Å². The molecule has 0 bridgehead atoms. The van der Waals surface area contributed by atoms with Gasteiger partial charge in [0.2, 0.25) is 23.7 Å². The predicted molar refractivity (Wildman–Crippen MR) is 199 cm³/mol. The molecule has 4 aromatic carbocycles. The van der Waals surface area contributed by atoms with Crippen molar-refractivity contribution in [2.75, 3.05) is 9.80 Å². The second kappa shape index (κ2) is 11.4. The zero-order valence-corrected chi connectivity index (χ0v) is 28.8. The lowest BCUT2D eigenvalue weighted by Gasteiger charge is -2.34. The lowest BCUT2D eigenvalue weighted by molar-refractivity contribution is 0.449. The second-order valence-electron chi connectivity index (χ2n) is 13.9. The summed E-state index contributed by atoms with van der Waals surface area (Å²) >= 11 is 0. The van der Waals surface area contributed by atoms with Gasteiger partial charge in [0.1, 0.15) is 0 Å². The molecule has 8 rings (SSSR count). The summed E-state index contributed by atoms with van der Waals surface area (Å²) in [5.41, 5.74) is 9.10. The third-order valence-electron chi connectivity index (χ3n) is 10.0. The Kier molecular flexibility index (Phi) is 7.10. The Balaban J connectivity index is 1.16. The first-order valence-electron chi connectivity index (χ1n) is 16.7. The highest BCUT2D eigenvalue weighted by Crippen LogP contribution is 2.45. The van der Waals surface area contributed by atoms with Crippen LogP contribution in [0.15, 0.2) is 122 Å². The van der Waals surface area contributed by atoms with Gasteiger partial charge in [-0.25, -0.2) is 0 Å². The van der Waals surface area contributed by atoms with Gasteiger partial charge in [-0.1, -0.05) is 113 Å². The Labute approximate surface area is 288 Å². The van der Waals surface area contributed by atoms with Crippen LogP contribution < -0.4 is 14.5 Å². The fourth-order valence-corrected chi connectivity index (χ4v) is 7.47. The molecule has 0 spiro atoms. The summed E-state index contributed by atoms with van der Waals surface area (Å²) in [5, 5.41) is 0. The quantitative estimate of drug-likeness (QED) is 0.191. The molecule has 4 heterocycles. The summed E-state index contributed by atoms with van der Waals surface area (Å²) in [4.78, 5) is 14.3. The topological polar surface area (TPSA) is 51.4 Å². The lowest BCUT2D eigenvalue weighted by atomic mass is 9.74. The zero-order chi connectivity index (χ0) is 33.9. The average Bonchev–Trinajstić information content (AvgIpc) is 3.65. The van der Waals surface area contributed by atoms with Gasteiger partial charge in [-0.3, -0.25) is 9.80 Å². The maximum absolute atomic E-state index is 6.40. The van der Waals surface area contributed by atoms with E-state index in [9.17, 15) is 0 Å². The molecule has 0 radical (unpaired) electrons. The molecule has 0 fully saturated rings. The first-order chi connectivity index (χ1) is 23.6. The van der Waals surface area contributed by atoms with Gasteiger partial charge in [-0.15, -0.1) is 0 Å². The third kappa shape index (κ3) is 5.05. The van der Waals surface area contributed by atoms with Crippen molar-refractivity contribution in [2.45, 2.75) is 38.5 Å². The van der Waals surface area contributed by atoms with Gasteiger partial charge in [-0.2, -0.15) is 9.97 Å². The van der Waals surface area contributed by atoms with Crippen molar-refractivity contribution in [1.29, 1.82) is 0 Å². The summed E-state index contributed by atoms with van der Waals surface area (Å²) in [6.45, 7) is 9.14. The third-order valence-corrected chi connectivity index (χ3v) is 10.0. The highest BCUT2D eigenvalue weighted by molar-refractivity contribution is 5.76. The van der Waals surface area contributed by atoms with Crippen molar-refractivity contribution < 1.29 is 4.74 Å². The first-order valence-corrected chi connectivity index (χ1v) is 16.7. The molecular formula is C42H40N6O. The summed E-state index contributed by atoms with van der Waals surface area (Å²) in [6, 6.07) is 34.3. The standard InChI is InChI=1S/C42H40N6O/c1-41(2)31-17-9-7-15-29(31)23-25-47(35-21-13-11-19-33(35)41)39-43-37(27-45(39)5)49-38-28-46(6)40(44-38)48-26-24-30-16-8-10-18-32(30)42(3,4)34-20-12-14-22-36(34)48/h7-28H,1-6H3. The number of fused-ring (bicyclic) bond motifs is 4. The van der Waals surface area contributed by atoms with Crippen molar-refractivity contribution >= 4 is 35.4 Å². The number of rotatable bonds is 4. The van der Waals surface area contributed by atoms with E-state index in [2.05, 4.69) is 159 Å². The molecule has 0 aliphatic carbocycles. The molecular weight excluding hydrogens is 605 g/mol. The highest BCUT2D eigenvalue weighted by atomic mass is 16.5. The summed E-state index contributed by atoms with van der Waals surface area (Å²) in [5.74, 6) is 2.42. The maximum Gasteiger partial charge on any atom is 0.241 e. The van der Waals surface area contributed by atoms with Crippen molar-refractivity contribution in [3.8, 4) is 11.8 Å². The predicted octanol–water partition coefficient (Wildman–Crippen LogP) is 9.84. The minimum Gasteiger partial charge on any atom is -0.417 e. The Hall–Kier alpha value is -5.82. The van der Waals surface area contributed by atoms with Crippen LogP contribution in [0.3, 0.4) is 0 Å². The van der Waals surface area contributed by atoms with Crippen LogP contribution in [0.25, 0.3) is 12.2 Å². The second-order valence-corrected chi connectivity index (χ2v) is 13.9. The fourth-order valence-electron chi connectivity index (χ4n) is 7.47. The largest absolute Gasteiger partial charge is 0.417 e. The lowest BCUT2D eigenvalue weighted by Crippen LogP contribution is -2.26. The van der Waals surface area contributed by atoms with Crippen molar-refractivity contribution in [3.63, 3.8) is 0 Å². The molecule has 0 N–H and O–H groups in total. The van der Waals surface area contributed by atoms with Crippen LogP contribution in [0, 0.1) is 0 Å². The number of hydrogen-bond acceptors (Lipinski definition) is 5. The molecule has 0 unspecified atom stereocenters. The number of anilines is 4. The number of benzene rings is 4. The van der Waals surface area contributed by atoms with Gasteiger partial charge in [0.05, 0.1) is 23.8 Å². The monoisotopic (exact) mass is 644 g/mol. The van der Waals surface area contributed by atoms with E-state index in [4.69, 9.17) is 14.7 Å². The van der Waals surface area contributed by atoms with Gasteiger partial charge in [0.15, 0.2) is 0 Å². The van der Waals surface area contributed by atoms with Crippen LogP contribution in [-0.2, 0) is 24.9 Å². The number of aromatic nitrogens is 4. The van der Waals surface area contributed by atoms with E-state index in [1.807, 2.05) is 35.6 Å². The summed E-state index contributed by atoms with van der Waals surface area (Å²) in [7, 11) is 3.99. The van der Waals surface area contributed by atoms with Crippen molar-refractivity contribution in [2.24, 2.45) is 14.1 Å². The molecule has 49 heavy (non-hydrogen) atoms. The van der Waals surface area contributed by atoms with E-state index in [0.717, 1.165) is 23.3 Å². The Bertz CT molecular complexity index is 2110. The highest BCUT2D eigenvalue weighted by Gasteiger charge is 2.33. The molecule has 2 aromatic heterocycles. The molecule has 7 heteroatoms. The molecule has 2 aliphatic rings. The number of imidazole rings is 2. The Morgan fingerprint density at radius 3 is 1.29 bits per heavy atom. The smallest absolute Gasteiger partial charge is 0.241 e. The fraction of sp³-hybridized carbons (Fsp3) is 0.190. The normalized spacial score (nSPS) is 15.6. The number of nitrogens with zero attached hydrogens (tertiary/aromatic N) is 6. The van der Waals surface area contributed by atoms with E-state index < -0.39 is 0 Å². The van der Waals surface area contributed by atoms with Gasteiger partial charge < -0.3 is 13.9 Å². The molecule has 0 saturated heterocycles. The number of para-hydroxylation sites is 2. The summed E-state index contributed by atoms with van der Waals surface area (Å²) in [6.07, 6.45) is 12.3. The van der Waals surface area contributed by atoms with E-state index in [0.29, 0.717) is 11.8 Å². The molecule has 6 aromatic rings.